The maximum Gasteiger partial charge on any atom is 0.514 e. The van der Waals surface area contributed by atoms with Gasteiger partial charge in [-0.05, 0) is 65.1 Å². The average Bonchev–Trinajstić information content (AvgIpc) is 2.43. The van der Waals surface area contributed by atoms with E-state index in [1.165, 1.54) is 0 Å². The van der Waals surface area contributed by atoms with E-state index in [4.69, 9.17) is 18.9 Å². The van der Waals surface area contributed by atoms with Crippen LogP contribution in [-0.4, -0.2) is 23.5 Å². The van der Waals surface area contributed by atoms with Crippen LogP contribution < -0.4 is 9.47 Å². The Bertz CT molecular complexity index is 811. The van der Waals surface area contributed by atoms with E-state index in [-0.39, 0.29) is 5.75 Å². The molecule has 140 valence electrons. The number of hydrogen-bond acceptors (Lipinski definition) is 6. The molecule has 0 N–H and O–H groups in total. The van der Waals surface area contributed by atoms with Gasteiger partial charge in [-0.25, -0.2) is 9.59 Å². The topological polar surface area (TPSA) is 71.1 Å². The summed E-state index contributed by atoms with van der Waals surface area (Å²) in [5.41, 5.74) is -1.31. The lowest BCUT2D eigenvalue weighted by Crippen LogP contribution is -2.26. The molecule has 0 aromatic heterocycles. The van der Waals surface area contributed by atoms with Crippen molar-refractivity contribution in [1.29, 1.82) is 0 Å². The predicted octanol–water partition coefficient (Wildman–Crippen LogP) is 5.47. The van der Waals surface area contributed by atoms with Crippen molar-refractivity contribution in [3.63, 3.8) is 0 Å². The molecule has 0 unspecified atom stereocenters. The van der Waals surface area contributed by atoms with Gasteiger partial charge in [-0.15, -0.1) is 0 Å². The maximum atomic E-state index is 11.9. The average molecular weight is 360 g/mol. The Balaban J connectivity index is 2.24. The van der Waals surface area contributed by atoms with E-state index in [2.05, 4.69) is 0 Å². The fourth-order valence-electron chi connectivity index (χ4n) is 2.10. The Hall–Kier alpha value is -2.76. The summed E-state index contributed by atoms with van der Waals surface area (Å²) in [4.78, 5) is 23.8. The van der Waals surface area contributed by atoms with E-state index in [1.807, 2.05) is 6.07 Å². The standard InChI is InChI=1S/C20H24O6/c1-19(2,3)25-17(21)23-14-11-10-13-8-7-9-16(15(13)12-14)24-18(22)26-20(4,5)6/h7-12H,1-6H3. The van der Waals surface area contributed by atoms with Gasteiger partial charge in [0.05, 0.1) is 0 Å². The molecule has 0 atom stereocenters. The fraction of sp³-hybridized carbons (Fsp3) is 0.400. The molecule has 0 bridgehead atoms. The van der Waals surface area contributed by atoms with Crippen LogP contribution in [0.5, 0.6) is 11.5 Å². The molecule has 6 nitrogen and oxygen atoms in total. The summed E-state index contributed by atoms with van der Waals surface area (Å²) in [6, 6.07) is 10.3. The Morgan fingerprint density at radius 1 is 0.769 bits per heavy atom. The van der Waals surface area contributed by atoms with Crippen LogP contribution in [0.3, 0.4) is 0 Å². The zero-order valence-corrected chi connectivity index (χ0v) is 15.9. The number of carbonyl (C=O) groups is 2. The molecule has 0 aliphatic carbocycles. The first-order valence-corrected chi connectivity index (χ1v) is 8.27. The second-order valence-corrected chi connectivity index (χ2v) is 7.77. The number of rotatable bonds is 2. The summed E-state index contributed by atoms with van der Waals surface area (Å²) in [5.74, 6) is 0.596. The van der Waals surface area contributed by atoms with Crippen molar-refractivity contribution < 1.29 is 28.5 Å². The van der Waals surface area contributed by atoms with Crippen molar-refractivity contribution in [2.24, 2.45) is 0 Å². The summed E-state index contributed by atoms with van der Waals surface area (Å²) < 4.78 is 20.8. The minimum atomic E-state index is -0.803. The van der Waals surface area contributed by atoms with Gasteiger partial charge in [-0.3, -0.25) is 0 Å². The van der Waals surface area contributed by atoms with Crippen LogP contribution in [-0.2, 0) is 9.47 Å². The summed E-state index contributed by atoms with van der Waals surface area (Å²) in [6.07, 6.45) is -1.61. The summed E-state index contributed by atoms with van der Waals surface area (Å²) in [5, 5.41) is 1.43. The molecule has 0 fully saturated rings. The monoisotopic (exact) mass is 360 g/mol. The second-order valence-electron chi connectivity index (χ2n) is 7.77. The molecule has 2 aromatic rings. The van der Waals surface area contributed by atoms with Gasteiger partial charge in [-0.2, -0.15) is 0 Å². The summed E-state index contributed by atoms with van der Waals surface area (Å²) in [7, 11) is 0. The first-order chi connectivity index (χ1) is 11.9. The first kappa shape index (κ1) is 19.6. The van der Waals surface area contributed by atoms with Gasteiger partial charge in [0.25, 0.3) is 0 Å². The van der Waals surface area contributed by atoms with Gasteiger partial charge in [0.1, 0.15) is 22.7 Å². The summed E-state index contributed by atoms with van der Waals surface area (Å²) >= 11 is 0. The summed E-state index contributed by atoms with van der Waals surface area (Å²) in [6.45, 7) is 10.5. The van der Waals surface area contributed by atoms with Crippen LogP contribution in [0.25, 0.3) is 10.8 Å². The van der Waals surface area contributed by atoms with Crippen molar-refractivity contribution in [3.8, 4) is 11.5 Å². The highest BCUT2D eigenvalue weighted by Crippen LogP contribution is 2.30. The van der Waals surface area contributed by atoms with Crippen molar-refractivity contribution in [1.82, 2.24) is 0 Å². The number of fused-ring (bicyclic) bond motifs is 1. The lowest BCUT2D eigenvalue weighted by molar-refractivity contribution is 0.0191. The SMILES string of the molecule is CC(C)(C)OC(=O)Oc1ccc2cccc(OC(=O)OC(C)(C)C)c2c1. The predicted molar refractivity (Wildman–Crippen MR) is 97.7 cm³/mol. The van der Waals surface area contributed by atoms with Crippen molar-refractivity contribution >= 4 is 23.1 Å². The molecule has 0 spiro atoms. The Morgan fingerprint density at radius 3 is 1.92 bits per heavy atom. The normalized spacial score (nSPS) is 11.8. The highest BCUT2D eigenvalue weighted by Gasteiger charge is 2.20. The van der Waals surface area contributed by atoms with Crippen molar-refractivity contribution in [2.45, 2.75) is 52.7 Å². The van der Waals surface area contributed by atoms with Crippen LogP contribution in [0.1, 0.15) is 41.5 Å². The van der Waals surface area contributed by atoms with E-state index in [0.717, 1.165) is 5.39 Å². The number of carbonyl (C=O) groups excluding carboxylic acids is 2. The van der Waals surface area contributed by atoms with Crippen LogP contribution in [0.15, 0.2) is 36.4 Å². The van der Waals surface area contributed by atoms with Crippen molar-refractivity contribution in [2.75, 3.05) is 0 Å². The molecule has 6 heteroatoms. The van der Waals surface area contributed by atoms with Crippen LogP contribution in [0.4, 0.5) is 9.59 Å². The van der Waals surface area contributed by atoms with Crippen LogP contribution in [0, 0.1) is 0 Å². The van der Waals surface area contributed by atoms with Crippen LogP contribution in [0.2, 0.25) is 0 Å². The third kappa shape index (κ3) is 5.95. The molecule has 0 saturated heterocycles. The maximum absolute atomic E-state index is 11.9. The third-order valence-electron chi connectivity index (χ3n) is 2.99. The minimum Gasteiger partial charge on any atom is -0.428 e. The van der Waals surface area contributed by atoms with E-state index in [0.29, 0.717) is 11.1 Å². The highest BCUT2D eigenvalue weighted by molar-refractivity contribution is 5.91. The van der Waals surface area contributed by atoms with E-state index < -0.39 is 23.5 Å². The molecule has 2 aromatic carbocycles. The molecule has 0 aliphatic heterocycles. The lowest BCUT2D eigenvalue weighted by Gasteiger charge is -2.19. The number of ether oxygens (including phenoxy) is 4. The van der Waals surface area contributed by atoms with Gasteiger partial charge < -0.3 is 18.9 Å². The Labute approximate surface area is 153 Å². The Morgan fingerprint density at radius 2 is 1.35 bits per heavy atom. The van der Waals surface area contributed by atoms with Crippen LogP contribution >= 0.6 is 0 Å². The first-order valence-electron chi connectivity index (χ1n) is 8.27. The van der Waals surface area contributed by atoms with E-state index in [1.54, 1.807) is 71.9 Å². The number of benzene rings is 2. The molecule has 2 rings (SSSR count). The molecular weight excluding hydrogens is 336 g/mol. The molecule has 26 heavy (non-hydrogen) atoms. The molecule has 0 radical (unpaired) electrons. The molecule has 0 saturated carbocycles. The Kier molecular flexibility index (Phi) is 5.44. The zero-order valence-electron chi connectivity index (χ0n) is 15.9. The number of hydrogen-bond donors (Lipinski definition) is 0. The zero-order chi connectivity index (χ0) is 19.5. The second kappa shape index (κ2) is 7.23. The highest BCUT2D eigenvalue weighted by atomic mass is 16.7. The fourth-order valence-corrected chi connectivity index (χ4v) is 2.10. The van der Waals surface area contributed by atoms with Gasteiger partial charge >= 0.3 is 12.3 Å². The van der Waals surface area contributed by atoms with Crippen molar-refractivity contribution in [3.05, 3.63) is 36.4 Å². The quantitative estimate of drug-likeness (QED) is 0.522. The van der Waals surface area contributed by atoms with Gasteiger partial charge in [-0.1, -0.05) is 18.2 Å². The lowest BCUT2D eigenvalue weighted by atomic mass is 10.1. The molecular formula is C20H24O6. The smallest absolute Gasteiger partial charge is 0.428 e. The van der Waals surface area contributed by atoms with Gasteiger partial charge in [0.2, 0.25) is 0 Å². The molecule has 0 amide bonds. The van der Waals surface area contributed by atoms with Gasteiger partial charge in [0, 0.05) is 5.39 Å². The third-order valence-corrected chi connectivity index (χ3v) is 2.99. The minimum absolute atomic E-state index is 0.284. The largest absolute Gasteiger partial charge is 0.514 e. The van der Waals surface area contributed by atoms with E-state index >= 15 is 0 Å². The molecule has 0 heterocycles. The van der Waals surface area contributed by atoms with Gasteiger partial charge in [0.15, 0.2) is 0 Å². The van der Waals surface area contributed by atoms with E-state index in [9.17, 15) is 9.59 Å². The molecule has 0 aliphatic rings.